The van der Waals surface area contributed by atoms with Crippen LogP contribution in [0.2, 0.25) is 0 Å². The summed E-state index contributed by atoms with van der Waals surface area (Å²) in [4.78, 5) is 38.3. The summed E-state index contributed by atoms with van der Waals surface area (Å²) in [5.74, 6) is -0.959. The van der Waals surface area contributed by atoms with Crippen molar-refractivity contribution in [2.75, 3.05) is 13.2 Å². The molecule has 0 aromatic heterocycles. The van der Waals surface area contributed by atoms with Crippen LogP contribution in [0, 0.1) is 0 Å². The number of allylic oxidation sites excluding steroid dienone is 24. The lowest BCUT2D eigenvalue weighted by molar-refractivity contribution is -0.167. The third-order valence-corrected chi connectivity index (χ3v) is 12.3. The minimum Gasteiger partial charge on any atom is -0.462 e. The van der Waals surface area contributed by atoms with Gasteiger partial charge in [0.25, 0.3) is 0 Å². The van der Waals surface area contributed by atoms with Crippen molar-refractivity contribution in [3.8, 4) is 0 Å². The van der Waals surface area contributed by atoms with E-state index in [-0.39, 0.29) is 31.1 Å². The number of carbonyl (C=O) groups is 3. The first-order valence-electron chi connectivity index (χ1n) is 30.3. The predicted octanol–water partition coefficient (Wildman–Crippen LogP) is 20.8. The van der Waals surface area contributed by atoms with Crippen LogP contribution in [-0.2, 0) is 28.6 Å². The molecule has 1 unspecified atom stereocenters. The van der Waals surface area contributed by atoms with Crippen molar-refractivity contribution in [2.24, 2.45) is 0 Å². The van der Waals surface area contributed by atoms with Gasteiger partial charge in [-0.15, -0.1) is 0 Å². The SMILES string of the molecule is CC/C=C\C/C=C\C/C=C\C/C=C\C/C=C\CCCCCCCC(=O)OCC(COC(=O)CCCCCCC/C=C\C/C=C\CCCCC)OC(=O)CCCCCCC/C=C\C/C=C\C/C=C\C/C=C\C/C=C\CC. The van der Waals surface area contributed by atoms with E-state index in [0.29, 0.717) is 19.3 Å². The lowest BCUT2D eigenvalue weighted by Gasteiger charge is -2.18. The maximum atomic E-state index is 12.9. The molecule has 422 valence electrons. The molecule has 0 radical (unpaired) electrons. The zero-order chi connectivity index (χ0) is 54.3. The van der Waals surface area contributed by atoms with Crippen LogP contribution in [0.15, 0.2) is 146 Å². The third kappa shape index (κ3) is 60.0. The summed E-state index contributed by atoms with van der Waals surface area (Å²) in [5, 5.41) is 0. The Morgan fingerprint density at radius 2 is 0.520 bits per heavy atom. The Morgan fingerprint density at radius 1 is 0.280 bits per heavy atom. The quantitative estimate of drug-likeness (QED) is 0.0261. The van der Waals surface area contributed by atoms with Gasteiger partial charge < -0.3 is 14.2 Å². The summed E-state index contributed by atoms with van der Waals surface area (Å²) in [7, 11) is 0. The summed E-state index contributed by atoms with van der Waals surface area (Å²) in [5.41, 5.74) is 0. The highest BCUT2D eigenvalue weighted by Crippen LogP contribution is 2.13. The molecule has 6 heteroatoms. The lowest BCUT2D eigenvalue weighted by Crippen LogP contribution is -2.30. The Balaban J connectivity index is 4.51. The molecule has 0 aliphatic heterocycles. The largest absolute Gasteiger partial charge is 0.462 e. The maximum Gasteiger partial charge on any atom is 0.306 e. The van der Waals surface area contributed by atoms with Gasteiger partial charge >= 0.3 is 17.9 Å². The summed E-state index contributed by atoms with van der Waals surface area (Å²) >= 11 is 0. The Hall–Kier alpha value is -4.71. The molecule has 0 heterocycles. The van der Waals surface area contributed by atoms with Gasteiger partial charge in [-0.3, -0.25) is 14.4 Å². The molecular weight excluding hydrogens is 925 g/mol. The van der Waals surface area contributed by atoms with Crippen LogP contribution in [0.5, 0.6) is 0 Å². The zero-order valence-corrected chi connectivity index (χ0v) is 48.3. The number of rotatable bonds is 53. The standard InChI is InChI=1S/C69H110O6/c1-4-7-10-13-16-19-22-25-28-30-32-34-36-38-41-44-47-50-53-56-59-62-68(71)74-65-66(64-73-67(70)61-58-55-52-49-46-43-40-27-24-21-18-15-12-9-6-3)75-69(72)63-60-57-54-51-48-45-42-39-37-35-33-31-29-26-23-20-17-14-11-8-5-2/h7-8,10-11,16-21,25-29,32-35,38-42,66H,4-6,9,12-15,22-24,30-31,36-37,43-65H2,1-3H3/b10-7-,11-8-,19-16-,20-17-,21-18-,28-25-,29-26-,34-32-,35-33-,40-27-,41-38-,42-39-. The number of esters is 3. The molecule has 0 N–H and O–H groups in total. The molecule has 0 spiro atoms. The van der Waals surface area contributed by atoms with Crippen molar-refractivity contribution < 1.29 is 28.6 Å². The Morgan fingerprint density at radius 3 is 0.813 bits per heavy atom. The van der Waals surface area contributed by atoms with Gasteiger partial charge in [0.1, 0.15) is 13.2 Å². The minimum atomic E-state index is -0.811. The highest BCUT2D eigenvalue weighted by atomic mass is 16.6. The molecule has 0 saturated heterocycles. The van der Waals surface area contributed by atoms with E-state index in [1.807, 2.05) is 0 Å². The highest BCUT2D eigenvalue weighted by molar-refractivity contribution is 5.71. The Kier molecular flexibility index (Phi) is 58.0. The van der Waals surface area contributed by atoms with Gasteiger partial charge in [-0.1, -0.05) is 237 Å². The highest BCUT2D eigenvalue weighted by Gasteiger charge is 2.19. The van der Waals surface area contributed by atoms with E-state index in [0.717, 1.165) is 186 Å². The summed E-state index contributed by atoms with van der Waals surface area (Å²) in [6.45, 7) is 6.34. The average Bonchev–Trinajstić information content (AvgIpc) is 3.41. The monoisotopic (exact) mass is 1030 g/mol. The van der Waals surface area contributed by atoms with Crippen molar-refractivity contribution in [1.29, 1.82) is 0 Å². The van der Waals surface area contributed by atoms with Crippen LogP contribution in [0.1, 0.15) is 252 Å². The Labute approximate surface area is 461 Å². The van der Waals surface area contributed by atoms with Crippen LogP contribution in [0.3, 0.4) is 0 Å². The zero-order valence-electron chi connectivity index (χ0n) is 48.3. The third-order valence-electron chi connectivity index (χ3n) is 12.3. The van der Waals surface area contributed by atoms with E-state index in [2.05, 4.69) is 167 Å². The first kappa shape index (κ1) is 70.3. The molecule has 75 heavy (non-hydrogen) atoms. The van der Waals surface area contributed by atoms with Gasteiger partial charge in [0.05, 0.1) is 0 Å². The number of hydrogen-bond donors (Lipinski definition) is 0. The number of ether oxygens (including phenoxy) is 3. The molecule has 0 aromatic rings. The molecule has 0 aromatic carbocycles. The number of carbonyl (C=O) groups excluding carboxylic acids is 3. The molecule has 1 atom stereocenters. The topological polar surface area (TPSA) is 78.9 Å². The maximum absolute atomic E-state index is 12.9. The summed E-state index contributed by atoms with van der Waals surface area (Å²) < 4.78 is 16.9. The van der Waals surface area contributed by atoms with Crippen LogP contribution in [0.4, 0.5) is 0 Å². The second-order valence-corrected chi connectivity index (χ2v) is 19.5. The molecule has 0 aliphatic carbocycles. The summed E-state index contributed by atoms with van der Waals surface area (Å²) in [6.07, 6.45) is 88.3. The normalized spacial score (nSPS) is 13.2. The van der Waals surface area contributed by atoms with Crippen molar-refractivity contribution in [3.63, 3.8) is 0 Å². The molecule has 0 bridgehead atoms. The predicted molar refractivity (Wildman–Crippen MR) is 325 cm³/mol. The van der Waals surface area contributed by atoms with Crippen molar-refractivity contribution >= 4 is 17.9 Å². The molecule has 0 rings (SSSR count). The van der Waals surface area contributed by atoms with Crippen molar-refractivity contribution in [2.45, 2.75) is 258 Å². The molecule has 0 saturated carbocycles. The fourth-order valence-electron chi connectivity index (χ4n) is 7.82. The van der Waals surface area contributed by atoms with E-state index in [4.69, 9.17) is 14.2 Å². The molecule has 0 fully saturated rings. The Bertz CT molecular complexity index is 1660. The van der Waals surface area contributed by atoms with Crippen LogP contribution in [-0.4, -0.2) is 37.2 Å². The fraction of sp³-hybridized carbons (Fsp3) is 0.609. The first-order valence-corrected chi connectivity index (χ1v) is 30.3. The van der Waals surface area contributed by atoms with Gasteiger partial charge in [0, 0.05) is 19.3 Å². The first-order chi connectivity index (χ1) is 37.0. The fourth-order valence-corrected chi connectivity index (χ4v) is 7.82. The second-order valence-electron chi connectivity index (χ2n) is 19.5. The smallest absolute Gasteiger partial charge is 0.306 e. The number of hydrogen-bond acceptors (Lipinski definition) is 6. The lowest BCUT2D eigenvalue weighted by atomic mass is 10.1. The van der Waals surface area contributed by atoms with E-state index >= 15 is 0 Å². The van der Waals surface area contributed by atoms with Crippen LogP contribution >= 0.6 is 0 Å². The van der Waals surface area contributed by atoms with Gasteiger partial charge in [-0.25, -0.2) is 0 Å². The van der Waals surface area contributed by atoms with Crippen LogP contribution in [0.25, 0.3) is 0 Å². The average molecular weight is 1040 g/mol. The molecule has 0 amide bonds. The minimum absolute atomic E-state index is 0.105. The van der Waals surface area contributed by atoms with Crippen molar-refractivity contribution in [1.82, 2.24) is 0 Å². The van der Waals surface area contributed by atoms with E-state index in [1.54, 1.807) is 0 Å². The van der Waals surface area contributed by atoms with Crippen LogP contribution < -0.4 is 0 Å². The van der Waals surface area contributed by atoms with E-state index in [1.165, 1.54) is 25.7 Å². The van der Waals surface area contributed by atoms with Gasteiger partial charge in [0.2, 0.25) is 0 Å². The number of unbranched alkanes of at least 4 members (excludes halogenated alkanes) is 18. The second kappa shape index (κ2) is 61.8. The van der Waals surface area contributed by atoms with Crippen molar-refractivity contribution in [3.05, 3.63) is 146 Å². The van der Waals surface area contributed by atoms with Gasteiger partial charge in [-0.2, -0.15) is 0 Å². The van der Waals surface area contributed by atoms with Gasteiger partial charge in [0.15, 0.2) is 6.10 Å². The molecule has 6 nitrogen and oxygen atoms in total. The molecule has 0 aliphatic rings. The summed E-state index contributed by atoms with van der Waals surface area (Å²) in [6, 6.07) is 0. The van der Waals surface area contributed by atoms with Gasteiger partial charge in [-0.05, 0) is 141 Å². The van der Waals surface area contributed by atoms with E-state index in [9.17, 15) is 14.4 Å². The molecular formula is C69H110O6. The van der Waals surface area contributed by atoms with E-state index < -0.39 is 6.10 Å².